The summed E-state index contributed by atoms with van der Waals surface area (Å²) in [6, 6.07) is 5.40. The predicted molar refractivity (Wildman–Crippen MR) is 68.7 cm³/mol. The van der Waals surface area contributed by atoms with Crippen molar-refractivity contribution in [2.75, 3.05) is 13.4 Å². The van der Waals surface area contributed by atoms with E-state index >= 15 is 0 Å². The first-order valence-corrected chi connectivity index (χ1v) is 6.25. The fourth-order valence-electron chi connectivity index (χ4n) is 1.78. The molecule has 1 aromatic carbocycles. The first kappa shape index (κ1) is 13.5. The zero-order chi connectivity index (χ0) is 13.9. The fourth-order valence-corrected chi connectivity index (χ4v) is 1.78. The Morgan fingerprint density at radius 2 is 2.11 bits per heavy atom. The van der Waals surface area contributed by atoms with Crippen LogP contribution in [0.25, 0.3) is 0 Å². The number of benzene rings is 1. The number of aliphatic carboxylic acids is 1. The van der Waals surface area contributed by atoms with Gasteiger partial charge in [-0.1, -0.05) is 0 Å². The molecule has 1 aromatic rings. The van der Waals surface area contributed by atoms with Gasteiger partial charge in [-0.2, -0.15) is 0 Å². The van der Waals surface area contributed by atoms with Crippen molar-refractivity contribution in [3.8, 4) is 17.2 Å². The Morgan fingerprint density at radius 1 is 1.37 bits per heavy atom. The molecule has 0 saturated heterocycles. The number of fused-ring (bicyclic) bond motifs is 1. The van der Waals surface area contributed by atoms with E-state index in [0.29, 0.717) is 30.9 Å². The second kappa shape index (κ2) is 5.38. The van der Waals surface area contributed by atoms with Crippen LogP contribution >= 0.6 is 0 Å². The lowest BCUT2D eigenvalue weighted by Gasteiger charge is -2.18. The van der Waals surface area contributed by atoms with E-state index in [-0.39, 0.29) is 6.79 Å². The topological polar surface area (TPSA) is 65.0 Å². The van der Waals surface area contributed by atoms with Crippen molar-refractivity contribution in [1.29, 1.82) is 0 Å². The zero-order valence-corrected chi connectivity index (χ0v) is 11.1. The minimum absolute atomic E-state index is 0.242. The number of carboxylic acids is 1. The number of ether oxygens (including phenoxy) is 3. The molecule has 0 bridgehead atoms. The van der Waals surface area contributed by atoms with Crippen LogP contribution in [0, 0.1) is 5.41 Å². The first-order chi connectivity index (χ1) is 8.99. The van der Waals surface area contributed by atoms with Gasteiger partial charge in [-0.25, -0.2) is 0 Å². The van der Waals surface area contributed by atoms with E-state index < -0.39 is 11.4 Å². The SMILES string of the molecule is CC(C)(CCCOc1ccc2c(c1)OCO2)C(=O)O. The largest absolute Gasteiger partial charge is 0.493 e. The molecule has 1 N–H and O–H groups in total. The summed E-state index contributed by atoms with van der Waals surface area (Å²) in [5, 5.41) is 8.99. The highest BCUT2D eigenvalue weighted by atomic mass is 16.7. The number of hydrogen-bond acceptors (Lipinski definition) is 4. The number of carboxylic acid groups (broad SMARTS) is 1. The predicted octanol–water partition coefficient (Wildman–Crippen LogP) is 2.69. The van der Waals surface area contributed by atoms with Crippen molar-refractivity contribution in [3.63, 3.8) is 0 Å². The molecule has 0 radical (unpaired) electrons. The fraction of sp³-hybridized carbons (Fsp3) is 0.500. The summed E-state index contributed by atoms with van der Waals surface area (Å²) in [4.78, 5) is 10.9. The molecule has 0 spiro atoms. The Hall–Kier alpha value is -1.91. The number of hydrogen-bond donors (Lipinski definition) is 1. The Bertz CT molecular complexity index is 467. The second-order valence-corrected chi connectivity index (χ2v) is 5.16. The molecule has 1 aliphatic rings. The second-order valence-electron chi connectivity index (χ2n) is 5.16. The van der Waals surface area contributed by atoms with E-state index in [0.717, 1.165) is 5.75 Å². The third-order valence-electron chi connectivity index (χ3n) is 3.14. The van der Waals surface area contributed by atoms with Crippen LogP contribution in [0.4, 0.5) is 0 Å². The minimum atomic E-state index is -0.782. The monoisotopic (exact) mass is 266 g/mol. The molecule has 0 saturated carbocycles. The van der Waals surface area contributed by atoms with Crippen LogP contribution in [0.1, 0.15) is 26.7 Å². The Kier molecular flexibility index (Phi) is 3.83. The number of rotatable bonds is 6. The van der Waals surface area contributed by atoms with Crippen LogP contribution in [0.2, 0.25) is 0 Å². The molecule has 104 valence electrons. The lowest BCUT2D eigenvalue weighted by molar-refractivity contribution is -0.147. The van der Waals surface area contributed by atoms with Gasteiger partial charge in [0.05, 0.1) is 12.0 Å². The normalized spacial score (nSPS) is 13.4. The minimum Gasteiger partial charge on any atom is -0.493 e. The molecule has 5 heteroatoms. The standard InChI is InChI=1S/C14H18O5/c1-14(2,13(15)16)6-3-7-17-10-4-5-11-12(8-10)19-9-18-11/h4-5,8H,3,6-7,9H2,1-2H3,(H,15,16). The zero-order valence-electron chi connectivity index (χ0n) is 11.1. The maximum atomic E-state index is 10.9. The summed E-state index contributed by atoms with van der Waals surface area (Å²) in [6.45, 7) is 4.16. The molecule has 0 unspecified atom stereocenters. The van der Waals surface area contributed by atoms with Gasteiger partial charge in [0.2, 0.25) is 6.79 Å². The highest BCUT2D eigenvalue weighted by Crippen LogP contribution is 2.35. The lowest BCUT2D eigenvalue weighted by Crippen LogP contribution is -2.24. The molecule has 0 aromatic heterocycles. The van der Waals surface area contributed by atoms with Crippen molar-refractivity contribution < 1.29 is 24.1 Å². The van der Waals surface area contributed by atoms with E-state index in [1.165, 1.54) is 0 Å². The lowest BCUT2D eigenvalue weighted by atomic mass is 9.88. The third-order valence-corrected chi connectivity index (χ3v) is 3.14. The molecule has 0 atom stereocenters. The van der Waals surface area contributed by atoms with Crippen molar-refractivity contribution in [1.82, 2.24) is 0 Å². The van der Waals surface area contributed by atoms with Crippen LogP contribution < -0.4 is 14.2 Å². The highest BCUT2D eigenvalue weighted by molar-refractivity contribution is 5.73. The van der Waals surface area contributed by atoms with Gasteiger partial charge in [0.1, 0.15) is 5.75 Å². The van der Waals surface area contributed by atoms with Crippen molar-refractivity contribution in [2.24, 2.45) is 5.41 Å². The van der Waals surface area contributed by atoms with Gasteiger partial charge < -0.3 is 19.3 Å². The smallest absolute Gasteiger partial charge is 0.309 e. The van der Waals surface area contributed by atoms with Crippen molar-refractivity contribution in [2.45, 2.75) is 26.7 Å². The Labute approximate surface area is 112 Å². The Balaban J connectivity index is 1.79. The highest BCUT2D eigenvalue weighted by Gasteiger charge is 2.26. The van der Waals surface area contributed by atoms with Gasteiger partial charge in [0.25, 0.3) is 0 Å². The maximum Gasteiger partial charge on any atom is 0.309 e. The van der Waals surface area contributed by atoms with E-state index in [2.05, 4.69) is 0 Å². The molecule has 0 aliphatic carbocycles. The van der Waals surface area contributed by atoms with E-state index in [9.17, 15) is 4.79 Å². The molecule has 0 fully saturated rings. The molecular weight excluding hydrogens is 248 g/mol. The van der Waals surface area contributed by atoms with Gasteiger partial charge in [-0.3, -0.25) is 4.79 Å². The van der Waals surface area contributed by atoms with Gasteiger partial charge in [0, 0.05) is 6.07 Å². The average Bonchev–Trinajstić information content (AvgIpc) is 2.81. The van der Waals surface area contributed by atoms with Gasteiger partial charge in [-0.05, 0) is 38.8 Å². The van der Waals surface area contributed by atoms with Crippen molar-refractivity contribution >= 4 is 5.97 Å². The van der Waals surface area contributed by atoms with E-state index in [4.69, 9.17) is 19.3 Å². The van der Waals surface area contributed by atoms with Crippen LogP contribution in [-0.4, -0.2) is 24.5 Å². The van der Waals surface area contributed by atoms with Gasteiger partial charge >= 0.3 is 5.97 Å². The summed E-state index contributed by atoms with van der Waals surface area (Å²) < 4.78 is 16.0. The molecular formula is C14H18O5. The van der Waals surface area contributed by atoms with E-state index in [1.807, 2.05) is 6.07 Å². The molecule has 5 nitrogen and oxygen atoms in total. The quantitative estimate of drug-likeness (QED) is 0.802. The van der Waals surface area contributed by atoms with Gasteiger partial charge in [0.15, 0.2) is 11.5 Å². The molecule has 0 amide bonds. The van der Waals surface area contributed by atoms with Crippen LogP contribution in [0.3, 0.4) is 0 Å². The molecule has 1 aliphatic heterocycles. The van der Waals surface area contributed by atoms with Gasteiger partial charge in [-0.15, -0.1) is 0 Å². The average molecular weight is 266 g/mol. The van der Waals surface area contributed by atoms with Crippen LogP contribution in [-0.2, 0) is 4.79 Å². The van der Waals surface area contributed by atoms with Crippen LogP contribution in [0.15, 0.2) is 18.2 Å². The summed E-state index contributed by atoms with van der Waals surface area (Å²) >= 11 is 0. The molecule has 2 rings (SSSR count). The van der Waals surface area contributed by atoms with Crippen LogP contribution in [0.5, 0.6) is 17.2 Å². The number of carbonyl (C=O) groups is 1. The summed E-state index contributed by atoms with van der Waals surface area (Å²) in [5.74, 6) is 1.33. The van der Waals surface area contributed by atoms with E-state index in [1.54, 1.807) is 26.0 Å². The molecule has 19 heavy (non-hydrogen) atoms. The Morgan fingerprint density at radius 3 is 2.84 bits per heavy atom. The summed E-state index contributed by atoms with van der Waals surface area (Å²) in [7, 11) is 0. The maximum absolute atomic E-state index is 10.9. The summed E-state index contributed by atoms with van der Waals surface area (Å²) in [6.07, 6.45) is 1.26. The van der Waals surface area contributed by atoms with Crippen molar-refractivity contribution in [3.05, 3.63) is 18.2 Å². The molecule has 1 heterocycles. The summed E-state index contributed by atoms with van der Waals surface area (Å²) in [5.41, 5.74) is -0.710. The first-order valence-electron chi connectivity index (χ1n) is 6.25. The third kappa shape index (κ3) is 3.30.